The van der Waals surface area contributed by atoms with Gasteiger partial charge < -0.3 is 10.6 Å². The highest BCUT2D eigenvalue weighted by Gasteiger charge is 2.35. The molecule has 3 atom stereocenters. The number of amides is 1. The van der Waals surface area contributed by atoms with Crippen molar-refractivity contribution in [2.75, 3.05) is 18.1 Å². The fourth-order valence-corrected chi connectivity index (χ4v) is 4.43. The molecule has 1 saturated carbocycles. The summed E-state index contributed by atoms with van der Waals surface area (Å²) in [5.41, 5.74) is 5.90. The minimum absolute atomic E-state index is 0.238. The van der Waals surface area contributed by atoms with Crippen LogP contribution < -0.4 is 5.73 Å². The Bertz CT molecular complexity index is 296. The lowest BCUT2D eigenvalue weighted by Gasteiger charge is -2.44. The third-order valence-corrected chi connectivity index (χ3v) is 5.76. The minimum Gasteiger partial charge on any atom is -0.339 e. The maximum absolute atomic E-state index is 12.4. The highest BCUT2D eigenvalue weighted by atomic mass is 32.2. The van der Waals surface area contributed by atoms with E-state index in [0.717, 1.165) is 24.6 Å². The molecule has 1 aliphatic heterocycles. The van der Waals surface area contributed by atoms with Crippen LogP contribution in [0.4, 0.5) is 0 Å². The molecule has 110 valence electrons. The molecule has 2 rings (SSSR count). The van der Waals surface area contributed by atoms with Gasteiger partial charge in [-0.05, 0) is 38.0 Å². The van der Waals surface area contributed by atoms with Crippen molar-refractivity contribution < 1.29 is 4.79 Å². The Kier molecular flexibility index (Phi) is 6.02. The summed E-state index contributed by atoms with van der Waals surface area (Å²) in [4.78, 5) is 14.6. The SMILES string of the molecule is CCC(N)CSCC(=O)N1CCCC2CCCCC21. The Labute approximate surface area is 121 Å². The van der Waals surface area contributed by atoms with Crippen LogP contribution in [0.1, 0.15) is 51.9 Å². The largest absolute Gasteiger partial charge is 0.339 e. The number of nitrogens with two attached hydrogens (primary N) is 1. The van der Waals surface area contributed by atoms with Gasteiger partial charge in [-0.1, -0.05) is 19.8 Å². The fourth-order valence-electron chi connectivity index (χ4n) is 3.43. The highest BCUT2D eigenvalue weighted by Crippen LogP contribution is 2.35. The number of carbonyl (C=O) groups is 1. The molecule has 1 heterocycles. The van der Waals surface area contributed by atoms with Gasteiger partial charge in [0.2, 0.25) is 5.91 Å². The number of hydrogen-bond donors (Lipinski definition) is 1. The van der Waals surface area contributed by atoms with Crippen LogP contribution in [0.25, 0.3) is 0 Å². The first-order chi connectivity index (χ1) is 9.22. The molecule has 3 nitrogen and oxygen atoms in total. The van der Waals surface area contributed by atoms with Crippen molar-refractivity contribution in [3.8, 4) is 0 Å². The van der Waals surface area contributed by atoms with Crippen LogP contribution in [-0.2, 0) is 4.79 Å². The van der Waals surface area contributed by atoms with Crippen molar-refractivity contribution >= 4 is 17.7 Å². The van der Waals surface area contributed by atoms with Crippen LogP contribution in [0.5, 0.6) is 0 Å². The summed E-state index contributed by atoms with van der Waals surface area (Å²) in [6.45, 7) is 3.09. The smallest absolute Gasteiger partial charge is 0.232 e. The fraction of sp³-hybridized carbons (Fsp3) is 0.933. The third kappa shape index (κ3) is 4.12. The average molecular weight is 284 g/mol. The molecule has 1 saturated heterocycles. The van der Waals surface area contributed by atoms with E-state index in [0.29, 0.717) is 17.7 Å². The lowest BCUT2D eigenvalue weighted by molar-refractivity contribution is -0.134. The molecule has 0 spiro atoms. The van der Waals surface area contributed by atoms with Gasteiger partial charge in [0.15, 0.2) is 0 Å². The second-order valence-electron chi connectivity index (χ2n) is 6.02. The van der Waals surface area contributed by atoms with E-state index in [9.17, 15) is 4.79 Å². The molecule has 1 aliphatic carbocycles. The van der Waals surface area contributed by atoms with Gasteiger partial charge in [0.05, 0.1) is 5.75 Å². The van der Waals surface area contributed by atoms with E-state index in [1.165, 1.54) is 38.5 Å². The molecule has 0 aromatic carbocycles. The van der Waals surface area contributed by atoms with Gasteiger partial charge in [-0.15, -0.1) is 0 Å². The van der Waals surface area contributed by atoms with Crippen molar-refractivity contribution in [2.45, 2.75) is 64.0 Å². The quantitative estimate of drug-likeness (QED) is 0.844. The van der Waals surface area contributed by atoms with Gasteiger partial charge in [-0.3, -0.25) is 4.79 Å². The Morgan fingerprint density at radius 3 is 2.84 bits per heavy atom. The summed E-state index contributed by atoms with van der Waals surface area (Å²) in [7, 11) is 0. The summed E-state index contributed by atoms with van der Waals surface area (Å²) in [5, 5.41) is 0. The van der Waals surface area contributed by atoms with Crippen LogP contribution in [0, 0.1) is 5.92 Å². The molecule has 0 aromatic heterocycles. The second-order valence-corrected chi connectivity index (χ2v) is 7.05. The number of likely N-dealkylation sites (tertiary alicyclic amines) is 1. The number of nitrogens with zero attached hydrogens (tertiary/aromatic N) is 1. The van der Waals surface area contributed by atoms with E-state index in [4.69, 9.17) is 5.73 Å². The second kappa shape index (κ2) is 7.53. The summed E-state index contributed by atoms with van der Waals surface area (Å²) < 4.78 is 0. The molecule has 19 heavy (non-hydrogen) atoms. The zero-order chi connectivity index (χ0) is 13.7. The van der Waals surface area contributed by atoms with Gasteiger partial charge in [0, 0.05) is 24.4 Å². The van der Waals surface area contributed by atoms with E-state index in [1.807, 2.05) is 0 Å². The molecule has 2 aliphatic rings. The summed E-state index contributed by atoms with van der Waals surface area (Å²) in [6.07, 6.45) is 8.77. The summed E-state index contributed by atoms with van der Waals surface area (Å²) in [6, 6.07) is 0.789. The normalized spacial score (nSPS) is 28.8. The van der Waals surface area contributed by atoms with E-state index in [2.05, 4.69) is 11.8 Å². The first kappa shape index (κ1) is 15.2. The van der Waals surface area contributed by atoms with Crippen molar-refractivity contribution in [2.24, 2.45) is 11.7 Å². The molecule has 1 amide bonds. The van der Waals surface area contributed by atoms with Crippen molar-refractivity contribution in [3.63, 3.8) is 0 Å². The van der Waals surface area contributed by atoms with Crippen molar-refractivity contribution in [1.82, 2.24) is 4.90 Å². The van der Waals surface area contributed by atoms with E-state index in [1.54, 1.807) is 11.8 Å². The molecule has 3 unspecified atom stereocenters. The molecule has 4 heteroatoms. The monoisotopic (exact) mass is 284 g/mol. The van der Waals surface area contributed by atoms with Gasteiger partial charge in [-0.2, -0.15) is 11.8 Å². The molecular weight excluding hydrogens is 256 g/mol. The first-order valence-electron chi connectivity index (χ1n) is 7.85. The standard InChI is InChI=1S/C15H28N2OS/c1-2-13(16)10-19-11-15(18)17-9-5-7-12-6-3-4-8-14(12)17/h12-14H,2-11,16H2,1H3. The Hall–Kier alpha value is -0.220. The van der Waals surface area contributed by atoms with Crippen LogP contribution in [0.3, 0.4) is 0 Å². The van der Waals surface area contributed by atoms with Crippen molar-refractivity contribution in [3.05, 3.63) is 0 Å². The third-order valence-electron chi connectivity index (χ3n) is 4.65. The maximum atomic E-state index is 12.4. The molecule has 0 bridgehead atoms. The predicted octanol–water partition coefficient (Wildman–Crippen LogP) is 2.64. The maximum Gasteiger partial charge on any atom is 0.232 e. The molecular formula is C15H28N2OS. The van der Waals surface area contributed by atoms with Crippen LogP contribution in [0.15, 0.2) is 0 Å². The number of rotatable bonds is 5. The average Bonchev–Trinajstić information content (AvgIpc) is 2.46. The summed E-state index contributed by atoms with van der Waals surface area (Å²) in [5.74, 6) is 2.67. The van der Waals surface area contributed by atoms with E-state index < -0.39 is 0 Å². The number of piperidine rings is 1. The molecule has 2 N–H and O–H groups in total. The van der Waals surface area contributed by atoms with Crippen LogP contribution in [-0.4, -0.2) is 40.9 Å². The zero-order valence-corrected chi connectivity index (χ0v) is 13.0. The molecule has 0 aromatic rings. The Morgan fingerprint density at radius 1 is 1.32 bits per heavy atom. The molecule has 2 fully saturated rings. The summed E-state index contributed by atoms with van der Waals surface area (Å²) >= 11 is 1.71. The topological polar surface area (TPSA) is 46.3 Å². The van der Waals surface area contributed by atoms with Crippen LogP contribution in [0.2, 0.25) is 0 Å². The lowest BCUT2D eigenvalue weighted by Crippen LogP contribution is -2.50. The number of fused-ring (bicyclic) bond motifs is 1. The number of thioether (sulfide) groups is 1. The number of hydrogen-bond acceptors (Lipinski definition) is 3. The Balaban J connectivity index is 1.80. The van der Waals surface area contributed by atoms with E-state index >= 15 is 0 Å². The first-order valence-corrected chi connectivity index (χ1v) is 9.00. The Morgan fingerprint density at radius 2 is 2.05 bits per heavy atom. The minimum atomic E-state index is 0.238. The molecule has 0 radical (unpaired) electrons. The lowest BCUT2D eigenvalue weighted by atomic mass is 9.78. The van der Waals surface area contributed by atoms with Gasteiger partial charge in [0.25, 0.3) is 0 Å². The predicted molar refractivity (Wildman–Crippen MR) is 82.3 cm³/mol. The van der Waals surface area contributed by atoms with Gasteiger partial charge >= 0.3 is 0 Å². The number of carbonyl (C=O) groups excluding carboxylic acids is 1. The van der Waals surface area contributed by atoms with Gasteiger partial charge in [-0.25, -0.2) is 0 Å². The zero-order valence-electron chi connectivity index (χ0n) is 12.1. The van der Waals surface area contributed by atoms with Gasteiger partial charge in [0.1, 0.15) is 0 Å². The van der Waals surface area contributed by atoms with Crippen molar-refractivity contribution in [1.29, 1.82) is 0 Å². The van der Waals surface area contributed by atoms with E-state index in [-0.39, 0.29) is 6.04 Å². The van der Waals surface area contributed by atoms with Crippen LogP contribution >= 0.6 is 11.8 Å². The highest BCUT2D eigenvalue weighted by molar-refractivity contribution is 7.99.